The number of anilines is 2. The van der Waals surface area contributed by atoms with E-state index in [1.54, 1.807) is 18.4 Å². The molecule has 0 bridgehead atoms. The van der Waals surface area contributed by atoms with Gasteiger partial charge in [0.25, 0.3) is 0 Å². The van der Waals surface area contributed by atoms with Crippen molar-refractivity contribution in [2.45, 2.75) is 6.92 Å². The van der Waals surface area contributed by atoms with Gasteiger partial charge in [-0.1, -0.05) is 6.07 Å². The van der Waals surface area contributed by atoms with Gasteiger partial charge in [0.2, 0.25) is 0 Å². The van der Waals surface area contributed by atoms with E-state index in [4.69, 9.17) is 21.9 Å². The summed E-state index contributed by atoms with van der Waals surface area (Å²) in [7, 11) is 1.65. The molecular weight excluding hydrogens is 386 g/mol. The number of ether oxygens (including phenoxy) is 1. The lowest BCUT2D eigenvalue weighted by atomic mass is 10.2. The van der Waals surface area contributed by atoms with Crippen LogP contribution in [0.15, 0.2) is 66.7 Å². The molecule has 0 atom stereocenters. The van der Waals surface area contributed by atoms with Crippen LogP contribution >= 0.6 is 23.6 Å². The maximum absolute atomic E-state index is 5.40. The fourth-order valence-corrected chi connectivity index (χ4v) is 4.12. The summed E-state index contributed by atoms with van der Waals surface area (Å²) >= 11 is 7.11. The highest BCUT2D eigenvalue weighted by atomic mass is 32.1. The summed E-state index contributed by atoms with van der Waals surface area (Å²) < 4.78 is 6.37. The molecule has 28 heavy (non-hydrogen) atoms. The van der Waals surface area contributed by atoms with Crippen LogP contribution in [-0.4, -0.2) is 17.2 Å². The first kappa shape index (κ1) is 18.4. The second kappa shape index (κ2) is 7.96. The predicted octanol–water partition coefficient (Wildman–Crippen LogP) is 6.09. The zero-order valence-corrected chi connectivity index (χ0v) is 17.2. The molecule has 1 aromatic heterocycles. The van der Waals surface area contributed by atoms with Crippen molar-refractivity contribution in [1.82, 2.24) is 4.98 Å². The summed E-state index contributed by atoms with van der Waals surface area (Å²) in [4.78, 5) is 4.73. The normalized spacial score (nSPS) is 10.6. The summed E-state index contributed by atoms with van der Waals surface area (Å²) in [5.41, 5.74) is 5.21. The van der Waals surface area contributed by atoms with E-state index in [1.165, 1.54) is 10.3 Å². The second-order valence-electron chi connectivity index (χ2n) is 6.38. The van der Waals surface area contributed by atoms with Crippen molar-refractivity contribution < 1.29 is 4.74 Å². The van der Waals surface area contributed by atoms with E-state index >= 15 is 0 Å². The molecular formula is C22H19N3OS2. The van der Waals surface area contributed by atoms with Gasteiger partial charge in [-0.25, -0.2) is 4.98 Å². The number of hydrogen-bond acceptors (Lipinski definition) is 4. The van der Waals surface area contributed by atoms with Crippen molar-refractivity contribution in [2.24, 2.45) is 0 Å². The lowest BCUT2D eigenvalue weighted by Crippen LogP contribution is -2.18. The van der Waals surface area contributed by atoms with Crippen LogP contribution in [0.1, 0.15) is 5.56 Å². The first-order valence-electron chi connectivity index (χ1n) is 8.80. The molecule has 0 aliphatic carbocycles. The number of fused-ring (bicyclic) bond motifs is 1. The molecule has 4 nitrogen and oxygen atoms in total. The lowest BCUT2D eigenvalue weighted by Gasteiger charge is -2.11. The number of benzene rings is 3. The van der Waals surface area contributed by atoms with Crippen LogP contribution in [0.25, 0.3) is 20.8 Å². The first-order valence-corrected chi connectivity index (χ1v) is 10.0. The quantitative estimate of drug-likeness (QED) is 0.402. The molecule has 140 valence electrons. The molecule has 4 rings (SSSR count). The molecule has 0 saturated carbocycles. The van der Waals surface area contributed by atoms with Crippen molar-refractivity contribution in [3.05, 3.63) is 72.3 Å². The Morgan fingerprint density at radius 3 is 2.21 bits per heavy atom. The number of nitrogens with zero attached hydrogens (tertiary/aromatic N) is 1. The number of hydrogen-bond donors (Lipinski definition) is 2. The number of rotatable bonds is 4. The van der Waals surface area contributed by atoms with Crippen LogP contribution in [0.2, 0.25) is 0 Å². The highest BCUT2D eigenvalue weighted by molar-refractivity contribution is 7.80. The SMILES string of the molecule is COc1ccc(NC(=S)Nc2ccc(-c3nc4ccc(C)cc4s3)cc2)cc1. The molecule has 0 amide bonds. The van der Waals surface area contributed by atoms with E-state index in [1.807, 2.05) is 36.4 Å². The molecule has 3 aromatic carbocycles. The standard InChI is InChI=1S/C22H19N3OS2/c1-14-3-12-19-20(13-14)28-21(25-19)15-4-6-16(7-5-15)23-22(27)24-17-8-10-18(26-2)11-9-17/h3-13H,1-2H3,(H2,23,24,27). The largest absolute Gasteiger partial charge is 0.497 e. The van der Waals surface area contributed by atoms with Gasteiger partial charge in [-0.3, -0.25) is 0 Å². The molecule has 0 radical (unpaired) electrons. The molecule has 1 heterocycles. The molecule has 0 unspecified atom stereocenters. The number of nitrogens with one attached hydrogen (secondary N) is 2. The van der Waals surface area contributed by atoms with Crippen LogP contribution in [0.3, 0.4) is 0 Å². The maximum Gasteiger partial charge on any atom is 0.175 e. The first-order chi connectivity index (χ1) is 13.6. The molecule has 0 saturated heterocycles. The van der Waals surface area contributed by atoms with Gasteiger partial charge in [-0.2, -0.15) is 0 Å². The summed E-state index contributed by atoms with van der Waals surface area (Å²) in [5.74, 6) is 0.810. The van der Waals surface area contributed by atoms with Crippen LogP contribution in [-0.2, 0) is 0 Å². The van der Waals surface area contributed by atoms with E-state index in [0.29, 0.717) is 5.11 Å². The van der Waals surface area contributed by atoms with Crippen molar-refractivity contribution in [3.8, 4) is 16.3 Å². The van der Waals surface area contributed by atoms with Gasteiger partial charge in [0.15, 0.2) is 5.11 Å². The Bertz CT molecular complexity index is 1120. The average molecular weight is 406 g/mol. The fourth-order valence-electron chi connectivity index (χ4n) is 2.82. The summed E-state index contributed by atoms with van der Waals surface area (Å²) in [5, 5.41) is 7.92. The predicted molar refractivity (Wildman–Crippen MR) is 123 cm³/mol. The zero-order valence-electron chi connectivity index (χ0n) is 15.5. The third kappa shape index (κ3) is 4.13. The minimum Gasteiger partial charge on any atom is -0.497 e. The lowest BCUT2D eigenvalue weighted by molar-refractivity contribution is 0.415. The van der Waals surface area contributed by atoms with E-state index in [-0.39, 0.29) is 0 Å². The topological polar surface area (TPSA) is 46.2 Å². The van der Waals surface area contributed by atoms with Crippen LogP contribution in [0.5, 0.6) is 5.75 Å². The van der Waals surface area contributed by atoms with Gasteiger partial charge in [-0.15, -0.1) is 11.3 Å². The highest BCUT2D eigenvalue weighted by Crippen LogP contribution is 2.31. The Kier molecular flexibility index (Phi) is 5.23. The van der Waals surface area contributed by atoms with Crippen molar-refractivity contribution in [3.63, 3.8) is 0 Å². The Morgan fingerprint density at radius 1 is 0.929 bits per heavy atom. The van der Waals surface area contributed by atoms with Crippen LogP contribution in [0.4, 0.5) is 11.4 Å². The second-order valence-corrected chi connectivity index (χ2v) is 7.81. The average Bonchev–Trinajstić information content (AvgIpc) is 3.12. The van der Waals surface area contributed by atoms with Gasteiger partial charge in [0.1, 0.15) is 10.8 Å². The Hall–Kier alpha value is -2.96. The fraction of sp³-hybridized carbons (Fsp3) is 0.0909. The molecule has 2 N–H and O–H groups in total. The Morgan fingerprint density at radius 2 is 1.57 bits per heavy atom. The molecule has 6 heteroatoms. The van der Waals surface area contributed by atoms with E-state index in [0.717, 1.165) is 33.2 Å². The maximum atomic E-state index is 5.40. The van der Waals surface area contributed by atoms with E-state index in [9.17, 15) is 0 Å². The van der Waals surface area contributed by atoms with E-state index < -0.39 is 0 Å². The van der Waals surface area contributed by atoms with E-state index in [2.05, 4.69) is 47.9 Å². The number of thiocarbonyl (C=S) groups is 1. The highest BCUT2D eigenvalue weighted by Gasteiger charge is 2.07. The third-order valence-electron chi connectivity index (χ3n) is 4.28. The minimum absolute atomic E-state index is 0.536. The minimum atomic E-state index is 0.536. The monoisotopic (exact) mass is 405 g/mol. The number of aromatic nitrogens is 1. The smallest absolute Gasteiger partial charge is 0.175 e. The summed E-state index contributed by atoms with van der Waals surface area (Å²) in [6.07, 6.45) is 0. The van der Waals surface area contributed by atoms with Gasteiger partial charge in [0, 0.05) is 16.9 Å². The van der Waals surface area contributed by atoms with Gasteiger partial charge < -0.3 is 15.4 Å². The molecule has 0 aliphatic rings. The zero-order chi connectivity index (χ0) is 19.5. The van der Waals surface area contributed by atoms with Crippen molar-refractivity contribution in [2.75, 3.05) is 17.7 Å². The number of aryl methyl sites for hydroxylation is 1. The molecule has 0 fully saturated rings. The Labute approximate surface area is 173 Å². The van der Waals surface area contributed by atoms with Gasteiger partial charge in [-0.05, 0) is 85.4 Å². The van der Waals surface area contributed by atoms with Gasteiger partial charge in [0.05, 0.1) is 17.3 Å². The Balaban J connectivity index is 1.44. The van der Waals surface area contributed by atoms with Crippen molar-refractivity contribution >= 4 is 50.3 Å². The summed E-state index contributed by atoms with van der Waals surface area (Å²) in [6.45, 7) is 2.10. The number of thiazole rings is 1. The van der Waals surface area contributed by atoms with Crippen molar-refractivity contribution in [1.29, 1.82) is 0 Å². The van der Waals surface area contributed by atoms with Crippen LogP contribution in [0, 0.1) is 6.92 Å². The molecule has 0 spiro atoms. The molecule has 4 aromatic rings. The number of methoxy groups -OCH3 is 1. The molecule has 0 aliphatic heterocycles. The summed E-state index contributed by atoms with van der Waals surface area (Å²) in [6, 6.07) is 22.1. The van der Waals surface area contributed by atoms with Crippen LogP contribution < -0.4 is 15.4 Å². The third-order valence-corrected chi connectivity index (χ3v) is 5.55. The van der Waals surface area contributed by atoms with Gasteiger partial charge >= 0.3 is 0 Å².